The monoisotopic (exact) mass is 276 g/mol. The molecule has 0 bridgehead atoms. The van der Waals surface area contributed by atoms with Crippen LogP contribution in [0.3, 0.4) is 0 Å². The lowest BCUT2D eigenvalue weighted by atomic mass is 9.93. The lowest BCUT2D eigenvalue weighted by Crippen LogP contribution is -2.32. The summed E-state index contributed by atoms with van der Waals surface area (Å²) in [7, 11) is 0. The minimum Gasteiger partial charge on any atom is -0.271 e. The molecule has 1 unspecified atom stereocenters. The zero-order valence-corrected chi connectivity index (χ0v) is 11.0. The Morgan fingerprint density at radius 1 is 1.50 bits per heavy atom. The third-order valence-corrected chi connectivity index (χ3v) is 4.37. The van der Waals surface area contributed by atoms with Gasteiger partial charge >= 0.3 is 0 Å². The van der Waals surface area contributed by atoms with Crippen molar-refractivity contribution in [3.63, 3.8) is 0 Å². The molecule has 0 aliphatic carbocycles. The number of nitrogens with one attached hydrogen (secondary N) is 1. The highest BCUT2D eigenvalue weighted by atomic mass is 79.9. The van der Waals surface area contributed by atoms with Gasteiger partial charge in [-0.3, -0.25) is 11.3 Å². The second kappa shape index (κ2) is 5.85. The Kier molecular flexibility index (Phi) is 5.09. The summed E-state index contributed by atoms with van der Waals surface area (Å²) in [5, 5.41) is 2.10. The molecule has 0 spiro atoms. The molecule has 0 aliphatic heterocycles. The maximum atomic E-state index is 5.61. The van der Waals surface area contributed by atoms with E-state index in [4.69, 9.17) is 5.84 Å². The van der Waals surface area contributed by atoms with E-state index < -0.39 is 0 Å². The number of hydrogen-bond acceptors (Lipinski definition) is 3. The highest BCUT2D eigenvalue weighted by molar-refractivity contribution is 9.10. The normalized spacial score (nSPS) is 13.5. The molecule has 14 heavy (non-hydrogen) atoms. The number of thiophene rings is 1. The van der Waals surface area contributed by atoms with Gasteiger partial charge in [-0.2, -0.15) is 0 Å². The minimum absolute atomic E-state index is 0.293. The predicted molar refractivity (Wildman–Crippen MR) is 66.2 cm³/mol. The smallest absolute Gasteiger partial charge is 0.0581 e. The lowest BCUT2D eigenvalue weighted by Gasteiger charge is -2.23. The van der Waals surface area contributed by atoms with Crippen LogP contribution in [-0.4, -0.2) is 0 Å². The first-order chi connectivity index (χ1) is 6.72. The van der Waals surface area contributed by atoms with Gasteiger partial charge in [-0.05, 0) is 27.9 Å². The quantitative estimate of drug-likeness (QED) is 0.639. The van der Waals surface area contributed by atoms with E-state index in [1.165, 1.54) is 4.88 Å². The van der Waals surface area contributed by atoms with E-state index in [0.717, 1.165) is 17.3 Å². The predicted octanol–water partition coefficient (Wildman–Crippen LogP) is 3.45. The van der Waals surface area contributed by atoms with E-state index in [2.05, 4.69) is 46.6 Å². The Balaban J connectivity index is 2.80. The van der Waals surface area contributed by atoms with Crippen LogP contribution < -0.4 is 11.3 Å². The van der Waals surface area contributed by atoms with Crippen LogP contribution in [0.5, 0.6) is 0 Å². The van der Waals surface area contributed by atoms with Gasteiger partial charge in [0.2, 0.25) is 0 Å². The van der Waals surface area contributed by atoms with Gasteiger partial charge in [-0.15, -0.1) is 11.3 Å². The first-order valence-corrected chi connectivity index (χ1v) is 6.60. The topological polar surface area (TPSA) is 38.0 Å². The summed E-state index contributed by atoms with van der Waals surface area (Å²) in [6.45, 7) is 4.42. The second-order valence-electron chi connectivity index (χ2n) is 3.39. The van der Waals surface area contributed by atoms with Gasteiger partial charge in [0.15, 0.2) is 0 Å². The van der Waals surface area contributed by atoms with Gasteiger partial charge < -0.3 is 0 Å². The summed E-state index contributed by atoms with van der Waals surface area (Å²) >= 11 is 5.22. The van der Waals surface area contributed by atoms with E-state index in [1.807, 2.05) is 0 Å². The fraction of sp³-hybridized carbons (Fsp3) is 0.600. The fourth-order valence-electron chi connectivity index (χ4n) is 1.70. The van der Waals surface area contributed by atoms with Crippen LogP contribution in [0.1, 0.15) is 37.6 Å². The molecule has 0 amide bonds. The molecular weight excluding hydrogens is 260 g/mol. The van der Waals surface area contributed by atoms with E-state index >= 15 is 0 Å². The molecule has 80 valence electrons. The summed E-state index contributed by atoms with van der Waals surface area (Å²) in [4.78, 5) is 1.31. The van der Waals surface area contributed by atoms with E-state index in [0.29, 0.717) is 12.0 Å². The van der Waals surface area contributed by atoms with Crippen molar-refractivity contribution in [3.05, 3.63) is 20.8 Å². The van der Waals surface area contributed by atoms with Crippen LogP contribution in [0, 0.1) is 5.92 Å². The molecule has 1 aromatic heterocycles. The fourth-order valence-corrected chi connectivity index (χ4v) is 3.30. The minimum atomic E-state index is 0.293. The van der Waals surface area contributed by atoms with Crippen LogP contribution in [0.15, 0.2) is 15.9 Å². The van der Waals surface area contributed by atoms with Gasteiger partial charge in [0.25, 0.3) is 0 Å². The van der Waals surface area contributed by atoms with Crippen LogP contribution in [0.2, 0.25) is 0 Å². The molecule has 0 aliphatic rings. The average molecular weight is 277 g/mol. The third-order valence-electron chi connectivity index (χ3n) is 2.59. The van der Waals surface area contributed by atoms with Crippen LogP contribution in [0.25, 0.3) is 0 Å². The molecule has 0 aromatic carbocycles. The zero-order valence-electron chi connectivity index (χ0n) is 8.59. The van der Waals surface area contributed by atoms with E-state index in [-0.39, 0.29) is 0 Å². The molecule has 1 aromatic rings. The first-order valence-electron chi connectivity index (χ1n) is 4.92. The summed E-state index contributed by atoms with van der Waals surface area (Å²) in [6, 6.07) is 2.44. The van der Waals surface area contributed by atoms with Gasteiger partial charge in [0.1, 0.15) is 0 Å². The van der Waals surface area contributed by atoms with Crippen molar-refractivity contribution < 1.29 is 0 Å². The Morgan fingerprint density at radius 3 is 2.50 bits per heavy atom. The van der Waals surface area contributed by atoms with Crippen molar-refractivity contribution in [2.75, 3.05) is 0 Å². The standard InChI is InChI=1S/C10H17BrN2S/c1-3-7(4-2)10(13-12)9-5-8(11)6-14-9/h5-7,10,13H,3-4,12H2,1-2H3. The highest BCUT2D eigenvalue weighted by Gasteiger charge is 2.20. The van der Waals surface area contributed by atoms with Gasteiger partial charge in [-0.25, -0.2) is 0 Å². The summed E-state index contributed by atoms with van der Waals surface area (Å²) in [5.41, 5.74) is 2.92. The largest absolute Gasteiger partial charge is 0.271 e. The number of hydrazine groups is 1. The molecule has 1 heterocycles. The lowest BCUT2D eigenvalue weighted by molar-refractivity contribution is 0.350. The Hall–Kier alpha value is 0.1000. The molecular formula is C10H17BrN2S. The van der Waals surface area contributed by atoms with Crippen LogP contribution >= 0.6 is 27.3 Å². The van der Waals surface area contributed by atoms with Crippen molar-refractivity contribution >= 4 is 27.3 Å². The Morgan fingerprint density at radius 2 is 2.14 bits per heavy atom. The maximum absolute atomic E-state index is 5.61. The molecule has 0 fully saturated rings. The molecule has 3 N–H and O–H groups in total. The molecule has 1 atom stereocenters. The molecule has 4 heteroatoms. The third kappa shape index (κ3) is 2.79. The second-order valence-corrected chi connectivity index (χ2v) is 5.25. The van der Waals surface area contributed by atoms with Gasteiger partial charge in [-0.1, -0.05) is 26.7 Å². The van der Waals surface area contributed by atoms with E-state index in [9.17, 15) is 0 Å². The average Bonchev–Trinajstić information content (AvgIpc) is 2.60. The Bertz CT molecular complexity index is 271. The van der Waals surface area contributed by atoms with Crippen molar-refractivity contribution in [2.45, 2.75) is 32.7 Å². The SMILES string of the molecule is CCC(CC)C(NN)c1cc(Br)cs1. The first kappa shape index (κ1) is 12.2. The molecule has 0 radical (unpaired) electrons. The maximum Gasteiger partial charge on any atom is 0.0581 e. The summed E-state index contributed by atoms with van der Waals surface area (Å²) < 4.78 is 1.14. The number of nitrogens with two attached hydrogens (primary N) is 1. The molecule has 0 saturated carbocycles. The number of hydrogen-bond donors (Lipinski definition) is 2. The zero-order chi connectivity index (χ0) is 10.6. The van der Waals surface area contributed by atoms with Crippen LogP contribution in [0.4, 0.5) is 0 Å². The van der Waals surface area contributed by atoms with Crippen molar-refractivity contribution in [1.82, 2.24) is 5.43 Å². The van der Waals surface area contributed by atoms with Gasteiger partial charge in [0.05, 0.1) is 6.04 Å². The van der Waals surface area contributed by atoms with E-state index in [1.54, 1.807) is 11.3 Å². The number of rotatable bonds is 5. The highest BCUT2D eigenvalue weighted by Crippen LogP contribution is 2.32. The molecule has 1 rings (SSSR count). The van der Waals surface area contributed by atoms with Gasteiger partial charge in [0, 0.05) is 14.7 Å². The van der Waals surface area contributed by atoms with Crippen molar-refractivity contribution in [2.24, 2.45) is 11.8 Å². The summed E-state index contributed by atoms with van der Waals surface area (Å²) in [5.74, 6) is 6.22. The van der Waals surface area contributed by atoms with Crippen molar-refractivity contribution in [3.8, 4) is 0 Å². The van der Waals surface area contributed by atoms with Crippen LogP contribution in [-0.2, 0) is 0 Å². The van der Waals surface area contributed by atoms with Crippen molar-refractivity contribution in [1.29, 1.82) is 0 Å². The molecule has 0 saturated heterocycles. The molecule has 2 nitrogen and oxygen atoms in total. The number of halogens is 1. The summed E-state index contributed by atoms with van der Waals surface area (Å²) in [6.07, 6.45) is 2.31. The Labute approximate surface area is 98.0 Å².